The van der Waals surface area contributed by atoms with Gasteiger partial charge in [0.15, 0.2) is 0 Å². The Labute approximate surface area is 83.3 Å². The fourth-order valence-electron chi connectivity index (χ4n) is 1.98. The number of aryl methyl sites for hydroxylation is 1. The van der Waals surface area contributed by atoms with Crippen LogP contribution in [0.15, 0.2) is 12.4 Å². The summed E-state index contributed by atoms with van der Waals surface area (Å²) in [6.45, 7) is 1.81. The van der Waals surface area contributed by atoms with Crippen molar-refractivity contribution in [3.05, 3.63) is 18.0 Å². The maximum absolute atomic E-state index is 13.9. The maximum atomic E-state index is 13.9. The predicted molar refractivity (Wildman–Crippen MR) is 52.7 cm³/mol. The van der Waals surface area contributed by atoms with Crippen LogP contribution in [0.2, 0.25) is 0 Å². The fourth-order valence-corrected chi connectivity index (χ4v) is 1.98. The molecule has 1 aliphatic heterocycles. The van der Waals surface area contributed by atoms with Gasteiger partial charge < -0.3 is 5.32 Å². The molecule has 0 saturated carbocycles. The Morgan fingerprint density at radius 2 is 2.57 bits per heavy atom. The van der Waals surface area contributed by atoms with Crippen LogP contribution in [-0.2, 0) is 7.05 Å². The third kappa shape index (κ3) is 1.95. The highest BCUT2D eigenvalue weighted by Gasteiger charge is 2.25. The second-order valence-corrected chi connectivity index (χ2v) is 3.96. The summed E-state index contributed by atoms with van der Waals surface area (Å²) in [4.78, 5) is 0. The number of nitrogens with zero attached hydrogens (tertiary/aromatic N) is 2. The number of nitrogens with one attached hydrogen (secondary N) is 1. The zero-order valence-electron chi connectivity index (χ0n) is 8.41. The molecule has 78 valence electrons. The Morgan fingerprint density at radius 3 is 3.14 bits per heavy atom. The van der Waals surface area contributed by atoms with Crippen LogP contribution in [0.3, 0.4) is 0 Å². The van der Waals surface area contributed by atoms with Gasteiger partial charge in [0.05, 0.1) is 6.20 Å². The van der Waals surface area contributed by atoms with Crippen molar-refractivity contribution in [1.29, 1.82) is 0 Å². The Morgan fingerprint density at radius 1 is 1.71 bits per heavy atom. The molecular weight excluding hydrogens is 181 g/mol. The molecule has 3 nitrogen and oxygen atoms in total. The monoisotopic (exact) mass is 197 g/mol. The van der Waals surface area contributed by atoms with Crippen LogP contribution < -0.4 is 5.32 Å². The number of halogens is 1. The third-order valence-electron chi connectivity index (χ3n) is 2.79. The van der Waals surface area contributed by atoms with E-state index in [0.717, 1.165) is 25.9 Å². The van der Waals surface area contributed by atoms with Gasteiger partial charge in [-0.15, -0.1) is 0 Å². The van der Waals surface area contributed by atoms with E-state index in [0.29, 0.717) is 5.56 Å². The number of hydrogen-bond donors (Lipinski definition) is 1. The minimum absolute atomic E-state index is 0.118. The van der Waals surface area contributed by atoms with E-state index in [-0.39, 0.29) is 5.92 Å². The first-order valence-corrected chi connectivity index (χ1v) is 5.10. The molecule has 2 unspecified atom stereocenters. The molecule has 2 heterocycles. The van der Waals surface area contributed by atoms with Gasteiger partial charge >= 0.3 is 0 Å². The first kappa shape index (κ1) is 9.65. The highest BCUT2D eigenvalue weighted by atomic mass is 19.1. The highest BCUT2D eigenvalue weighted by molar-refractivity contribution is 5.09. The van der Waals surface area contributed by atoms with E-state index in [1.54, 1.807) is 17.1 Å². The van der Waals surface area contributed by atoms with E-state index < -0.39 is 6.17 Å². The summed E-state index contributed by atoms with van der Waals surface area (Å²) in [7, 11) is 1.81. The SMILES string of the molecule is Cn1cc(C(F)C2CCCNC2)cn1. The molecule has 2 rings (SSSR count). The lowest BCUT2D eigenvalue weighted by atomic mass is 9.92. The molecule has 1 fully saturated rings. The molecule has 1 aromatic rings. The van der Waals surface area contributed by atoms with Gasteiger partial charge in [0, 0.05) is 31.3 Å². The second-order valence-electron chi connectivity index (χ2n) is 3.96. The second kappa shape index (κ2) is 4.09. The lowest BCUT2D eigenvalue weighted by Gasteiger charge is -2.25. The maximum Gasteiger partial charge on any atom is 0.132 e. The molecule has 14 heavy (non-hydrogen) atoms. The van der Waals surface area contributed by atoms with Crippen molar-refractivity contribution in [1.82, 2.24) is 15.1 Å². The summed E-state index contributed by atoms with van der Waals surface area (Å²) in [6.07, 6.45) is 4.57. The lowest BCUT2D eigenvalue weighted by molar-refractivity contribution is 0.194. The van der Waals surface area contributed by atoms with Crippen molar-refractivity contribution in [3.63, 3.8) is 0 Å². The topological polar surface area (TPSA) is 29.9 Å². The van der Waals surface area contributed by atoms with Crippen molar-refractivity contribution < 1.29 is 4.39 Å². The van der Waals surface area contributed by atoms with Gasteiger partial charge in [0.25, 0.3) is 0 Å². The molecule has 0 radical (unpaired) electrons. The van der Waals surface area contributed by atoms with Crippen LogP contribution in [0, 0.1) is 5.92 Å². The van der Waals surface area contributed by atoms with Gasteiger partial charge in [-0.2, -0.15) is 5.10 Å². The number of hydrogen-bond acceptors (Lipinski definition) is 2. The number of rotatable bonds is 2. The molecule has 4 heteroatoms. The smallest absolute Gasteiger partial charge is 0.132 e. The lowest BCUT2D eigenvalue weighted by Crippen LogP contribution is -2.32. The standard InChI is InChI=1S/C10H16FN3/c1-14-7-9(6-13-14)10(11)8-3-2-4-12-5-8/h6-8,10,12H,2-5H2,1H3. The Bertz CT molecular complexity index is 291. The molecule has 0 aliphatic carbocycles. The normalized spacial score (nSPS) is 24.9. The Kier molecular flexibility index (Phi) is 2.82. The highest BCUT2D eigenvalue weighted by Crippen LogP contribution is 2.30. The molecule has 0 amide bonds. The van der Waals surface area contributed by atoms with Crippen molar-refractivity contribution >= 4 is 0 Å². The quantitative estimate of drug-likeness (QED) is 0.777. The summed E-state index contributed by atoms with van der Waals surface area (Å²) in [5, 5.41) is 7.21. The molecule has 0 bridgehead atoms. The zero-order chi connectivity index (χ0) is 9.97. The van der Waals surface area contributed by atoms with Crippen LogP contribution in [-0.4, -0.2) is 22.9 Å². The van der Waals surface area contributed by atoms with E-state index in [2.05, 4.69) is 10.4 Å². The van der Waals surface area contributed by atoms with E-state index in [4.69, 9.17) is 0 Å². The van der Waals surface area contributed by atoms with Crippen molar-refractivity contribution in [2.75, 3.05) is 13.1 Å². The summed E-state index contributed by atoms with van der Waals surface area (Å²) in [6, 6.07) is 0. The Balaban J connectivity index is 2.03. The van der Waals surface area contributed by atoms with Crippen molar-refractivity contribution in [3.8, 4) is 0 Å². The van der Waals surface area contributed by atoms with Crippen LogP contribution in [0.1, 0.15) is 24.6 Å². The third-order valence-corrected chi connectivity index (χ3v) is 2.79. The first-order chi connectivity index (χ1) is 6.77. The van der Waals surface area contributed by atoms with Crippen LogP contribution >= 0.6 is 0 Å². The van der Waals surface area contributed by atoms with E-state index in [1.165, 1.54) is 0 Å². The Hall–Kier alpha value is -0.900. The number of piperidine rings is 1. The molecule has 1 aliphatic rings. The van der Waals surface area contributed by atoms with Gasteiger partial charge in [-0.3, -0.25) is 4.68 Å². The largest absolute Gasteiger partial charge is 0.316 e. The van der Waals surface area contributed by atoms with Gasteiger partial charge in [-0.1, -0.05) is 0 Å². The minimum Gasteiger partial charge on any atom is -0.316 e. The van der Waals surface area contributed by atoms with Gasteiger partial charge in [0.2, 0.25) is 0 Å². The molecule has 1 N–H and O–H groups in total. The van der Waals surface area contributed by atoms with E-state index in [9.17, 15) is 4.39 Å². The van der Waals surface area contributed by atoms with Crippen molar-refractivity contribution in [2.45, 2.75) is 19.0 Å². The molecule has 0 spiro atoms. The van der Waals surface area contributed by atoms with Gasteiger partial charge in [-0.25, -0.2) is 4.39 Å². The molecule has 1 aromatic heterocycles. The predicted octanol–water partition coefficient (Wildman–Crippen LogP) is 1.43. The summed E-state index contributed by atoms with van der Waals surface area (Å²) in [5.41, 5.74) is 0.709. The van der Waals surface area contributed by atoms with E-state index in [1.807, 2.05) is 7.05 Å². The molecule has 2 atom stereocenters. The number of alkyl halides is 1. The van der Waals surface area contributed by atoms with Crippen LogP contribution in [0.5, 0.6) is 0 Å². The molecule has 0 aromatic carbocycles. The van der Waals surface area contributed by atoms with Crippen LogP contribution in [0.4, 0.5) is 4.39 Å². The molecule has 1 saturated heterocycles. The molecular formula is C10H16FN3. The van der Waals surface area contributed by atoms with Crippen LogP contribution in [0.25, 0.3) is 0 Å². The van der Waals surface area contributed by atoms with Gasteiger partial charge in [-0.05, 0) is 19.4 Å². The zero-order valence-corrected chi connectivity index (χ0v) is 8.41. The average Bonchev–Trinajstić information content (AvgIpc) is 2.65. The van der Waals surface area contributed by atoms with Crippen molar-refractivity contribution in [2.24, 2.45) is 13.0 Å². The number of aromatic nitrogens is 2. The van der Waals surface area contributed by atoms with Gasteiger partial charge in [0.1, 0.15) is 6.17 Å². The van der Waals surface area contributed by atoms with E-state index >= 15 is 0 Å². The average molecular weight is 197 g/mol. The first-order valence-electron chi connectivity index (χ1n) is 5.10. The summed E-state index contributed by atoms with van der Waals surface area (Å²) < 4.78 is 15.6. The summed E-state index contributed by atoms with van der Waals surface area (Å²) >= 11 is 0. The minimum atomic E-state index is -0.864. The fraction of sp³-hybridized carbons (Fsp3) is 0.700. The summed E-state index contributed by atoms with van der Waals surface area (Å²) in [5.74, 6) is 0.118.